The van der Waals surface area contributed by atoms with Crippen molar-refractivity contribution < 1.29 is 0 Å². The van der Waals surface area contributed by atoms with E-state index >= 15 is 0 Å². The summed E-state index contributed by atoms with van der Waals surface area (Å²) in [6.07, 6.45) is 1.58. The van der Waals surface area contributed by atoms with Crippen LogP contribution in [0.15, 0.2) is 12.3 Å². The molecule has 0 saturated carbocycles. The SMILES string of the molecule is Br.ClCc1ccnc(Cl)n1. The third kappa shape index (κ3) is 2.82. The van der Waals surface area contributed by atoms with Crippen molar-refractivity contribution in [2.24, 2.45) is 0 Å². The van der Waals surface area contributed by atoms with Crippen molar-refractivity contribution in [1.82, 2.24) is 9.97 Å². The Hall–Kier alpha value is 0.140. The van der Waals surface area contributed by atoms with Crippen molar-refractivity contribution in [3.05, 3.63) is 23.2 Å². The van der Waals surface area contributed by atoms with Gasteiger partial charge in [0.15, 0.2) is 0 Å². The third-order valence-electron chi connectivity index (χ3n) is 0.821. The molecule has 0 amide bonds. The number of alkyl halides is 1. The van der Waals surface area contributed by atoms with Gasteiger partial charge in [0.2, 0.25) is 5.28 Å². The van der Waals surface area contributed by atoms with E-state index in [-0.39, 0.29) is 22.3 Å². The van der Waals surface area contributed by atoms with E-state index in [0.29, 0.717) is 5.88 Å². The minimum Gasteiger partial charge on any atom is -0.227 e. The van der Waals surface area contributed by atoms with Crippen LogP contribution in [0.5, 0.6) is 0 Å². The van der Waals surface area contributed by atoms with Crippen LogP contribution in [0, 0.1) is 0 Å². The van der Waals surface area contributed by atoms with Gasteiger partial charge in [-0.05, 0) is 17.7 Å². The van der Waals surface area contributed by atoms with Crippen molar-refractivity contribution >= 4 is 40.2 Å². The molecule has 0 fully saturated rings. The van der Waals surface area contributed by atoms with Gasteiger partial charge in [-0.15, -0.1) is 28.6 Å². The van der Waals surface area contributed by atoms with Crippen LogP contribution in [0.25, 0.3) is 0 Å². The average molecular weight is 244 g/mol. The summed E-state index contributed by atoms with van der Waals surface area (Å²) >= 11 is 10.9. The van der Waals surface area contributed by atoms with E-state index in [0.717, 1.165) is 5.69 Å². The fourth-order valence-electron chi connectivity index (χ4n) is 0.444. The topological polar surface area (TPSA) is 25.8 Å². The van der Waals surface area contributed by atoms with Crippen LogP contribution in [-0.2, 0) is 5.88 Å². The predicted molar refractivity (Wildman–Crippen MR) is 46.9 cm³/mol. The van der Waals surface area contributed by atoms with Crippen molar-refractivity contribution in [1.29, 1.82) is 0 Å². The monoisotopic (exact) mass is 242 g/mol. The summed E-state index contributed by atoms with van der Waals surface area (Å²) in [5.74, 6) is 0.377. The van der Waals surface area contributed by atoms with Crippen molar-refractivity contribution in [3.8, 4) is 0 Å². The normalized spacial score (nSPS) is 8.60. The Labute approximate surface area is 79.4 Å². The molecule has 1 aromatic rings. The summed E-state index contributed by atoms with van der Waals surface area (Å²) in [7, 11) is 0. The first-order chi connectivity index (χ1) is 4.33. The van der Waals surface area contributed by atoms with Crippen LogP contribution in [0.3, 0.4) is 0 Å². The van der Waals surface area contributed by atoms with Gasteiger partial charge < -0.3 is 0 Å². The van der Waals surface area contributed by atoms with Gasteiger partial charge in [0.25, 0.3) is 0 Å². The van der Waals surface area contributed by atoms with Gasteiger partial charge in [0, 0.05) is 6.20 Å². The summed E-state index contributed by atoms with van der Waals surface area (Å²) in [6, 6.07) is 1.72. The lowest BCUT2D eigenvalue weighted by molar-refractivity contribution is 1.08. The number of hydrogen-bond donors (Lipinski definition) is 0. The van der Waals surface area contributed by atoms with Gasteiger partial charge in [-0.2, -0.15) is 0 Å². The highest BCUT2D eigenvalue weighted by Gasteiger charge is 1.91. The Morgan fingerprint density at radius 1 is 1.50 bits per heavy atom. The summed E-state index contributed by atoms with van der Waals surface area (Å²) in [4.78, 5) is 7.50. The van der Waals surface area contributed by atoms with E-state index in [1.807, 2.05) is 0 Å². The van der Waals surface area contributed by atoms with Crippen LogP contribution < -0.4 is 0 Å². The molecule has 1 rings (SSSR count). The van der Waals surface area contributed by atoms with E-state index in [9.17, 15) is 0 Å². The van der Waals surface area contributed by atoms with E-state index in [2.05, 4.69) is 9.97 Å². The Morgan fingerprint density at radius 2 is 2.20 bits per heavy atom. The number of rotatable bonds is 1. The van der Waals surface area contributed by atoms with Gasteiger partial charge >= 0.3 is 0 Å². The molecule has 0 spiro atoms. The summed E-state index contributed by atoms with van der Waals surface area (Å²) in [6.45, 7) is 0. The van der Waals surface area contributed by atoms with Gasteiger partial charge in [-0.1, -0.05) is 0 Å². The molecule has 5 heteroatoms. The maximum absolute atomic E-state index is 5.45. The number of aromatic nitrogens is 2. The molecule has 10 heavy (non-hydrogen) atoms. The van der Waals surface area contributed by atoms with Crippen LogP contribution >= 0.6 is 40.2 Å². The minimum absolute atomic E-state index is 0. The van der Waals surface area contributed by atoms with Crippen molar-refractivity contribution in [3.63, 3.8) is 0 Å². The highest BCUT2D eigenvalue weighted by atomic mass is 79.9. The molecule has 0 aromatic carbocycles. The minimum atomic E-state index is 0. The van der Waals surface area contributed by atoms with Crippen LogP contribution in [0.2, 0.25) is 5.28 Å². The van der Waals surface area contributed by atoms with Gasteiger partial charge in [-0.25, -0.2) is 9.97 Å². The molecule has 2 nitrogen and oxygen atoms in total. The zero-order valence-corrected chi connectivity index (χ0v) is 8.15. The van der Waals surface area contributed by atoms with E-state index in [1.165, 1.54) is 0 Å². The Bertz CT molecular complexity index is 207. The summed E-state index contributed by atoms with van der Waals surface area (Å²) in [5, 5.41) is 0.244. The molecule has 0 radical (unpaired) electrons. The molecule has 0 N–H and O–H groups in total. The van der Waals surface area contributed by atoms with Gasteiger partial charge in [0.05, 0.1) is 11.6 Å². The number of nitrogens with zero attached hydrogens (tertiary/aromatic N) is 2. The van der Waals surface area contributed by atoms with Crippen LogP contribution in [0.4, 0.5) is 0 Å². The molecule has 0 bridgehead atoms. The van der Waals surface area contributed by atoms with E-state index in [1.54, 1.807) is 12.3 Å². The van der Waals surface area contributed by atoms with E-state index in [4.69, 9.17) is 23.2 Å². The second-order valence-corrected chi connectivity index (χ2v) is 2.06. The largest absolute Gasteiger partial charge is 0.227 e. The molecule has 56 valence electrons. The summed E-state index contributed by atoms with van der Waals surface area (Å²) in [5.41, 5.74) is 0.747. The van der Waals surface area contributed by atoms with Gasteiger partial charge in [0.1, 0.15) is 0 Å². The number of halogens is 3. The first-order valence-corrected chi connectivity index (χ1v) is 3.27. The highest BCUT2D eigenvalue weighted by molar-refractivity contribution is 8.93. The number of hydrogen-bond acceptors (Lipinski definition) is 2. The molecule has 0 saturated heterocycles. The fourth-order valence-corrected chi connectivity index (χ4v) is 0.758. The van der Waals surface area contributed by atoms with Crippen molar-refractivity contribution in [2.75, 3.05) is 0 Å². The zero-order chi connectivity index (χ0) is 6.69. The summed E-state index contributed by atoms with van der Waals surface area (Å²) < 4.78 is 0. The standard InChI is InChI=1S/C5H4Cl2N2.BrH/c6-3-4-1-2-8-5(7)9-4;/h1-2H,3H2;1H. The third-order valence-corrected chi connectivity index (χ3v) is 1.28. The molecule has 0 aliphatic heterocycles. The first-order valence-electron chi connectivity index (χ1n) is 2.36. The molecule has 1 heterocycles. The maximum atomic E-state index is 5.45. The zero-order valence-electron chi connectivity index (χ0n) is 4.92. The molecule has 0 atom stereocenters. The quantitative estimate of drug-likeness (QED) is 0.560. The highest BCUT2D eigenvalue weighted by Crippen LogP contribution is 2.02. The maximum Gasteiger partial charge on any atom is 0.222 e. The molecule has 0 unspecified atom stereocenters. The lowest BCUT2D eigenvalue weighted by atomic mass is 10.5. The second kappa shape index (κ2) is 4.88. The average Bonchev–Trinajstić information content (AvgIpc) is 1.88. The molecule has 0 aliphatic carbocycles. The Balaban J connectivity index is 0.000000810. The second-order valence-electron chi connectivity index (χ2n) is 1.45. The predicted octanol–water partition coefficient (Wildman–Crippen LogP) is 2.45. The van der Waals surface area contributed by atoms with E-state index < -0.39 is 0 Å². The lowest BCUT2D eigenvalue weighted by Crippen LogP contribution is -1.86. The van der Waals surface area contributed by atoms with Gasteiger partial charge in [-0.3, -0.25) is 0 Å². The smallest absolute Gasteiger partial charge is 0.222 e. The molecule has 1 aromatic heterocycles. The Morgan fingerprint density at radius 3 is 2.60 bits per heavy atom. The molecule has 0 aliphatic rings. The molecular formula is C5H5BrCl2N2. The lowest BCUT2D eigenvalue weighted by Gasteiger charge is -1.90. The molecular weight excluding hydrogens is 239 g/mol. The van der Waals surface area contributed by atoms with Crippen LogP contribution in [0.1, 0.15) is 5.69 Å². The first kappa shape index (κ1) is 10.1. The van der Waals surface area contributed by atoms with Crippen LogP contribution in [-0.4, -0.2) is 9.97 Å². The fraction of sp³-hybridized carbons (Fsp3) is 0.200. The Kier molecular flexibility index (Phi) is 4.95. The van der Waals surface area contributed by atoms with Crippen molar-refractivity contribution in [2.45, 2.75) is 5.88 Å².